The molecular formula is C14H25N3O. The number of hydrogen-bond acceptors (Lipinski definition) is 4. The highest BCUT2D eigenvalue weighted by molar-refractivity contribution is 5.35. The first kappa shape index (κ1) is 14.9. The van der Waals surface area contributed by atoms with Gasteiger partial charge in [-0.15, -0.1) is 0 Å². The van der Waals surface area contributed by atoms with Crippen molar-refractivity contribution >= 4 is 5.82 Å². The zero-order valence-electron chi connectivity index (χ0n) is 12.4. The Balaban J connectivity index is 3.17. The van der Waals surface area contributed by atoms with Gasteiger partial charge in [0.25, 0.3) is 0 Å². The van der Waals surface area contributed by atoms with Crippen LogP contribution in [-0.4, -0.2) is 24.1 Å². The summed E-state index contributed by atoms with van der Waals surface area (Å²) in [6, 6.07) is 2.00. The first-order valence-corrected chi connectivity index (χ1v) is 6.50. The minimum atomic E-state index is -0.0959. The van der Waals surface area contributed by atoms with E-state index in [0.717, 1.165) is 30.2 Å². The van der Waals surface area contributed by atoms with Crippen molar-refractivity contribution in [3.63, 3.8) is 0 Å². The molecule has 1 aromatic heterocycles. The molecule has 1 aromatic rings. The van der Waals surface area contributed by atoms with Crippen LogP contribution in [0.2, 0.25) is 0 Å². The molecule has 0 aromatic carbocycles. The van der Waals surface area contributed by atoms with Crippen LogP contribution in [0.3, 0.4) is 0 Å². The molecular weight excluding hydrogens is 226 g/mol. The molecule has 1 rings (SSSR count). The molecule has 1 atom stereocenters. The Morgan fingerprint density at radius 1 is 1.33 bits per heavy atom. The monoisotopic (exact) mass is 251 g/mol. The zero-order valence-corrected chi connectivity index (χ0v) is 12.4. The van der Waals surface area contributed by atoms with Crippen LogP contribution in [0, 0.1) is 5.41 Å². The van der Waals surface area contributed by atoms with Gasteiger partial charge in [-0.1, -0.05) is 34.1 Å². The summed E-state index contributed by atoms with van der Waals surface area (Å²) >= 11 is 0. The molecule has 0 aliphatic rings. The van der Waals surface area contributed by atoms with E-state index in [1.54, 1.807) is 7.11 Å². The van der Waals surface area contributed by atoms with Gasteiger partial charge in [0.2, 0.25) is 0 Å². The summed E-state index contributed by atoms with van der Waals surface area (Å²) in [6.45, 7) is 8.56. The minimum Gasteiger partial charge on any atom is -0.373 e. The van der Waals surface area contributed by atoms with Crippen molar-refractivity contribution < 1.29 is 4.74 Å². The number of nitrogens with one attached hydrogen (secondary N) is 1. The molecule has 18 heavy (non-hydrogen) atoms. The van der Waals surface area contributed by atoms with E-state index in [9.17, 15) is 0 Å². The number of hydrogen-bond donors (Lipinski definition) is 1. The molecule has 0 aliphatic carbocycles. The molecule has 1 N–H and O–H groups in total. The van der Waals surface area contributed by atoms with Crippen molar-refractivity contribution in [1.29, 1.82) is 0 Å². The first-order chi connectivity index (χ1) is 8.42. The Morgan fingerprint density at radius 2 is 2.00 bits per heavy atom. The fourth-order valence-electron chi connectivity index (χ4n) is 1.99. The number of rotatable bonds is 5. The van der Waals surface area contributed by atoms with Gasteiger partial charge in [0, 0.05) is 25.9 Å². The van der Waals surface area contributed by atoms with Crippen molar-refractivity contribution in [2.45, 2.75) is 46.6 Å². The van der Waals surface area contributed by atoms with Gasteiger partial charge in [0.1, 0.15) is 11.9 Å². The molecule has 0 fully saturated rings. The molecule has 1 heterocycles. The van der Waals surface area contributed by atoms with E-state index in [4.69, 9.17) is 4.74 Å². The van der Waals surface area contributed by atoms with E-state index < -0.39 is 0 Å². The summed E-state index contributed by atoms with van der Waals surface area (Å²) < 4.78 is 5.58. The molecule has 0 radical (unpaired) electrons. The maximum Gasteiger partial charge on any atom is 0.160 e. The second-order valence-electron chi connectivity index (χ2n) is 5.58. The van der Waals surface area contributed by atoms with Crippen LogP contribution >= 0.6 is 0 Å². The lowest BCUT2D eigenvalue weighted by atomic mass is 9.88. The third-order valence-corrected chi connectivity index (χ3v) is 2.82. The van der Waals surface area contributed by atoms with Crippen LogP contribution in [0.15, 0.2) is 6.07 Å². The van der Waals surface area contributed by atoms with Crippen molar-refractivity contribution in [1.82, 2.24) is 9.97 Å². The van der Waals surface area contributed by atoms with Crippen molar-refractivity contribution in [2.75, 3.05) is 19.5 Å². The van der Waals surface area contributed by atoms with E-state index in [-0.39, 0.29) is 11.5 Å². The Hall–Kier alpha value is -1.16. The number of methoxy groups -OCH3 is 1. The molecule has 0 bridgehead atoms. The van der Waals surface area contributed by atoms with Crippen LogP contribution in [0.4, 0.5) is 5.82 Å². The standard InChI is InChI=1S/C14H25N3O/c1-7-8-10-9-11(15-5)17-13(16-10)12(18-6)14(2,3)4/h9,12H,7-8H2,1-6H3,(H,15,16,17). The second kappa shape index (κ2) is 6.14. The average molecular weight is 251 g/mol. The number of ether oxygens (including phenoxy) is 1. The predicted octanol–water partition coefficient (Wildman–Crippen LogP) is 3.20. The summed E-state index contributed by atoms with van der Waals surface area (Å²) in [6.07, 6.45) is 1.94. The molecule has 4 nitrogen and oxygen atoms in total. The highest BCUT2D eigenvalue weighted by Crippen LogP contribution is 2.34. The predicted molar refractivity (Wildman–Crippen MR) is 74.8 cm³/mol. The van der Waals surface area contributed by atoms with E-state index in [0.29, 0.717) is 0 Å². The number of aryl methyl sites for hydroxylation is 1. The van der Waals surface area contributed by atoms with Gasteiger partial charge in [0.15, 0.2) is 5.82 Å². The third kappa shape index (κ3) is 3.67. The lowest BCUT2D eigenvalue weighted by Gasteiger charge is -2.28. The quantitative estimate of drug-likeness (QED) is 0.873. The van der Waals surface area contributed by atoms with Gasteiger partial charge in [-0.3, -0.25) is 0 Å². The Kier molecular flexibility index (Phi) is 5.08. The van der Waals surface area contributed by atoms with Crippen molar-refractivity contribution in [3.05, 3.63) is 17.6 Å². The number of anilines is 1. The molecule has 0 saturated heterocycles. The normalized spacial score (nSPS) is 13.4. The smallest absolute Gasteiger partial charge is 0.160 e. The molecule has 0 amide bonds. The van der Waals surface area contributed by atoms with E-state index in [1.807, 2.05) is 13.1 Å². The molecule has 102 valence electrons. The largest absolute Gasteiger partial charge is 0.373 e. The minimum absolute atomic E-state index is 0.0232. The molecule has 0 saturated carbocycles. The van der Waals surface area contributed by atoms with Crippen molar-refractivity contribution in [3.8, 4) is 0 Å². The lowest BCUT2D eigenvalue weighted by Crippen LogP contribution is -2.23. The summed E-state index contributed by atoms with van der Waals surface area (Å²) in [7, 11) is 3.59. The second-order valence-corrected chi connectivity index (χ2v) is 5.58. The number of nitrogens with zero attached hydrogens (tertiary/aromatic N) is 2. The lowest BCUT2D eigenvalue weighted by molar-refractivity contribution is 0.00861. The summed E-state index contributed by atoms with van der Waals surface area (Å²) in [5.41, 5.74) is 1.04. The van der Waals surface area contributed by atoms with Crippen LogP contribution in [-0.2, 0) is 11.2 Å². The van der Waals surface area contributed by atoms with E-state index >= 15 is 0 Å². The van der Waals surface area contributed by atoms with Crippen LogP contribution < -0.4 is 5.32 Å². The van der Waals surface area contributed by atoms with Crippen LogP contribution in [0.5, 0.6) is 0 Å². The highest BCUT2D eigenvalue weighted by atomic mass is 16.5. The van der Waals surface area contributed by atoms with Gasteiger partial charge < -0.3 is 10.1 Å². The fourth-order valence-corrected chi connectivity index (χ4v) is 1.99. The Bertz CT molecular complexity index is 385. The topological polar surface area (TPSA) is 47.0 Å². The number of aromatic nitrogens is 2. The maximum absolute atomic E-state index is 5.58. The van der Waals surface area contributed by atoms with Crippen molar-refractivity contribution in [2.24, 2.45) is 5.41 Å². The zero-order chi connectivity index (χ0) is 13.8. The first-order valence-electron chi connectivity index (χ1n) is 6.50. The summed E-state index contributed by atoms with van der Waals surface area (Å²) in [4.78, 5) is 9.16. The van der Waals surface area contributed by atoms with Gasteiger partial charge >= 0.3 is 0 Å². The molecule has 1 unspecified atom stereocenters. The van der Waals surface area contributed by atoms with Gasteiger partial charge in [-0.2, -0.15) is 0 Å². The third-order valence-electron chi connectivity index (χ3n) is 2.82. The molecule has 4 heteroatoms. The Labute approximate surface area is 110 Å². The maximum atomic E-state index is 5.58. The van der Waals surface area contributed by atoms with Gasteiger partial charge in [-0.05, 0) is 11.8 Å². The average Bonchev–Trinajstić information content (AvgIpc) is 2.28. The van der Waals surface area contributed by atoms with Crippen LogP contribution in [0.25, 0.3) is 0 Å². The van der Waals surface area contributed by atoms with E-state index in [2.05, 4.69) is 43.0 Å². The SMILES string of the molecule is CCCc1cc(NC)nc(C(OC)C(C)(C)C)n1. The van der Waals surface area contributed by atoms with E-state index in [1.165, 1.54) is 0 Å². The highest BCUT2D eigenvalue weighted by Gasteiger charge is 2.29. The van der Waals surface area contributed by atoms with Gasteiger partial charge in [0.05, 0.1) is 0 Å². The van der Waals surface area contributed by atoms with Gasteiger partial charge in [-0.25, -0.2) is 9.97 Å². The fraction of sp³-hybridized carbons (Fsp3) is 0.714. The van der Waals surface area contributed by atoms with Crippen LogP contribution in [0.1, 0.15) is 51.7 Å². The molecule has 0 aliphatic heterocycles. The Morgan fingerprint density at radius 3 is 2.44 bits per heavy atom. The summed E-state index contributed by atoms with van der Waals surface area (Å²) in [5, 5.41) is 3.09. The molecule has 0 spiro atoms. The summed E-state index contributed by atoms with van der Waals surface area (Å²) in [5.74, 6) is 1.62.